The van der Waals surface area contributed by atoms with E-state index in [-0.39, 0.29) is 18.0 Å². The SMILES string of the molecule is Cc1nn(CC(=O)Nc2cnn3c2NCCC3)c(=O)c2ccccc12. The number of aryl methyl sites for hydroxylation is 2. The van der Waals surface area contributed by atoms with E-state index in [4.69, 9.17) is 0 Å². The molecule has 2 aromatic heterocycles. The van der Waals surface area contributed by atoms with Crippen LogP contribution in [0.25, 0.3) is 10.8 Å². The molecule has 2 N–H and O–H groups in total. The predicted octanol–water partition coefficient (Wildman–Crippen LogP) is 1.36. The fraction of sp³-hybridized carbons (Fsp3) is 0.294. The van der Waals surface area contributed by atoms with Crippen molar-refractivity contribution in [2.75, 3.05) is 17.2 Å². The number of amides is 1. The predicted molar refractivity (Wildman–Crippen MR) is 94.7 cm³/mol. The second-order valence-corrected chi connectivity index (χ2v) is 6.05. The van der Waals surface area contributed by atoms with Crippen LogP contribution in [-0.2, 0) is 17.9 Å². The molecule has 0 radical (unpaired) electrons. The van der Waals surface area contributed by atoms with E-state index in [0.717, 1.165) is 30.7 Å². The number of carbonyl (C=O) groups is 1. The Hall–Kier alpha value is -3.16. The third kappa shape index (κ3) is 2.75. The third-order valence-electron chi connectivity index (χ3n) is 4.30. The summed E-state index contributed by atoms with van der Waals surface area (Å²) in [5, 5.41) is 15.9. The van der Waals surface area contributed by atoms with Crippen molar-refractivity contribution in [2.45, 2.75) is 26.4 Å². The van der Waals surface area contributed by atoms with Gasteiger partial charge in [0.1, 0.15) is 18.1 Å². The van der Waals surface area contributed by atoms with Gasteiger partial charge in [-0.15, -0.1) is 0 Å². The van der Waals surface area contributed by atoms with E-state index in [1.165, 1.54) is 4.68 Å². The summed E-state index contributed by atoms with van der Waals surface area (Å²) in [5.41, 5.74) is 1.06. The third-order valence-corrected chi connectivity index (χ3v) is 4.30. The van der Waals surface area contributed by atoms with Crippen molar-refractivity contribution in [3.63, 3.8) is 0 Å². The van der Waals surface area contributed by atoms with Gasteiger partial charge in [-0.3, -0.25) is 9.59 Å². The number of carbonyl (C=O) groups excluding carboxylic acids is 1. The van der Waals surface area contributed by atoms with Crippen LogP contribution in [0.3, 0.4) is 0 Å². The van der Waals surface area contributed by atoms with Gasteiger partial charge in [0.2, 0.25) is 5.91 Å². The van der Waals surface area contributed by atoms with Crippen LogP contribution in [-0.4, -0.2) is 32.0 Å². The summed E-state index contributed by atoms with van der Waals surface area (Å²) in [4.78, 5) is 24.9. The van der Waals surface area contributed by atoms with Crippen LogP contribution in [0.4, 0.5) is 11.5 Å². The molecule has 128 valence electrons. The Bertz CT molecular complexity index is 1020. The standard InChI is InChI=1S/C17H18N6O2/c1-11-12-5-2-3-6-13(12)17(25)23(21-11)10-15(24)20-14-9-19-22-8-4-7-18-16(14)22/h2-3,5-6,9,18H,4,7-8,10H2,1H3,(H,20,24). The highest BCUT2D eigenvalue weighted by molar-refractivity contribution is 5.93. The lowest BCUT2D eigenvalue weighted by Gasteiger charge is -2.17. The van der Waals surface area contributed by atoms with Crippen LogP contribution >= 0.6 is 0 Å². The molecule has 0 bridgehead atoms. The van der Waals surface area contributed by atoms with Gasteiger partial charge in [0.15, 0.2) is 0 Å². The highest BCUT2D eigenvalue weighted by atomic mass is 16.2. The molecule has 0 unspecified atom stereocenters. The number of nitrogens with zero attached hydrogens (tertiary/aromatic N) is 4. The monoisotopic (exact) mass is 338 g/mol. The normalized spacial score (nSPS) is 13.3. The highest BCUT2D eigenvalue weighted by Crippen LogP contribution is 2.24. The van der Waals surface area contributed by atoms with Crippen molar-refractivity contribution in [2.24, 2.45) is 0 Å². The molecule has 0 spiro atoms. The fourth-order valence-electron chi connectivity index (χ4n) is 3.11. The van der Waals surface area contributed by atoms with Crippen LogP contribution < -0.4 is 16.2 Å². The summed E-state index contributed by atoms with van der Waals surface area (Å²) >= 11 is 0. The summed E-state index contributed by atoms with van der Waals surface area (Å²) in [5.74, 6) is 0.488. The molecule has 1 aliphatic rings. The molecule has 1 aromatic carbocycles. The number of anilines is 2. The molecule has 25 heavy (non-hydrogen) atoms. The number of benzene rings is 1. The molecule has 3 aromatic rings. The zero-order chi connectivity index (χ0) is 17.4. The van der Waals surface area contributed by atoms with Gasteiger partial charge in [0.25, 0.3) is 5.56 Å². The van der Waals surface area contributed by atoms with E-state index < -0.39 is 0 Å². The first-order chi connectivity index (χ1) is 12.1. The number of hydrogen-bond acceptors (Lipinski definition) is 5. The number of aromatic nitrogens is 4. The zero-order valence-corrected chi connectivity index (χ0v) is 13.8. The zero-order valence-electron chi connectivity index (χ0n) is 13.8. The first kappa shape index (κ1) is 15.4. The minimum atomic E-state index is -0.313. The Kier molecular flexibility index (Phi) is 3.72. The van der Waals surface area contributed by atoms with E-state index >= 15 is 0 Å². The number of hydrogen-bond donors (Lipinski definition) is 2. The van der Waals surface area contributed by atoms with Crippen molar-refractivity contribution in [3.05, 3.63) is 46.5 Å². The molecular weight excluding hydrogens is 320 g/mol. The number of nitrogens with one attached hydrogen (secondary N) is 2. The van der Waals surface area contributed by atoms with Crippen molar-refractivity contribution in [3.8, 4) is 0 Å². The molecule has 0 saturated carbocycles. The van der Waals surface area contributed by atoms with E-state index in [2.05, 4.69) is 20.8 Å². The molecular formula is C17H18N6O2. The smallest absolute Gasteiger partial charge is 0.275 e. The maximum absolute atomic E-state index is 12.5. The summed E-state index contributed by atoms with van der Waals surface area (Å²) in [6.45, 7) is 3.35. The Morgan fingerprint density at radius 3 is 2.96 bits per heavy atom. The van der Waals surface area contributed by atoms with Crippen LogP contribution in [0.5, 0.6) is 0 Å². The topological polar surface area (TPSA) is 93.8 Å². The fourth-order valence-corrected chi connectivity index (χ4v) is 3.11. The van der Waals surface area contributed by atoms with Gasteiger partial charge in [0, 0.05) is 18.5 Å². The molecule has 0 saturated heterocycles. The van der Waals surface area contributed by atoms with Crippen molar-refractivity contribution >= 4 is 28.2 Å². The van der Waals surface area contributed by atoms with Gasteiger partial charge in [-0.2, -0.15) is 10.2 Å². The van der Waals surface area contributed by atoms with Gasteiger partial charge in [-0.05, 0) is 19.4 Å². The van der Waals surface area contributed by atoms with Crippen LogP contribution in [0.15, 0.2) is 35.3 Å². The van der Waals surface area contributed by atoms with E-state index in [1.807, 2.05) is 23.7 Å². The Labute approximate surface area is 143 Å². The van der Waals surface area contributed by atoms with Gasteiger partial charge < -0.3 is 10.6 Å². The number of rotatable bonds is 3. The minimum Gasteiger partial charge on any atom is -0.368 e. The minimum absolute atomic E-state index is 0.144. The molecule has 0 fully saturated rings. The molecule has 8 heteroatoms. The Morgan fingerprint density at radius 1 is 1.32 bits per heavy atom. The number of fused-ring (bicyclic) bond motifs is 2. The van der Waals surface area contributed by atoms with Gasteiger partial charge in [-0.25, -0.2) is 9.36 Å². The van der Waals surface area contributed by atoms with E-state index in [9.17, 15) is 9.59 Å². The lowest BCUT2D eigenvalue weighted by molar-refractivity contribution is -0.117. The van der Waals surface area contributed by atoms with Gasteiger partial charge >= 0.3 is 0 Å². The second kappa shape index (κ2) is 6.04. The van der Waals surface area contributed by atoms with Gasteiger partial charge in [-0.1, -0.05) is 18.2 Å². The molecule has 8 nitrogen and oxygen atoms in total. The molecule has 4 rings (SSSR count). The van der Waals surface area contributed by atoms with Gasteiger partial charge in [0.05, 0.1) is 17.3 Å². The molecule has 0 atom stereocenters. The highest BCUT2D eigenvalue weighted by Gasteiger charge is 2.17. The lowest BCUT2D eigenvalue weighted by atomic mass is 10.1. The Morgan fingerprint density at radius 2 is 2.12 bits per heavy atom. The summed E-state index contributed by atoms with van der Waals surface area (Å²) in [7, 11) is 0. The summed E-state index contributed by atoms with van der Waals surface area (Å²) < 4.78 is 3.03. The maximum Gasteiger partial charge on any atom is 0.275 e. The lowest BCUT2D eigenvalue weighted by Crippen LogP contribution is -2.30. The van der Waals surface area contributed by atoms with E-state index in [1.54, 1.807) is 18.3 Å². The average Bonchev–Trinajstić information content (AvgIpc) is 3.02. The van der Waals surface area contributed by atoms with Crippen molar-refractivity contribution in [1.82, 2.24) is 19.6 Å². The van der Waals surface area contributed by atoms with Crippen molar-refractivity contribution < 1.29 is 4.79 Å². The average molecular weight is 338 g/mol. The first-order valence-electron chi connectivity index (χ1n) is 8.19. The molecule has 1 amide bonds. The molecule has 1 aliphatic heterocycles. The van der Waals surface area contributed by atoms with E-state index in [0.29, 0.717) is 16.8 Å². The molecule has 3 heterocycles. The quantitative estimate of drug-likeness (QED) is 0.752. The molecule has 0 aliphatic carbocycles. The maximum atomic E-state index is 12.5. The van der Waals surface area contributed by atoms with Crippen LogP contribution in [0.2, 0.25) is 0 Å². The first-order valence-corrected chi connectivity index (χ1v) is 8.19. The largest absolute Gasteiger partial charge is 0.368 e. The Balaban J connectivity index is 1.59. The summed E-state index contributed by atoms with van der Waals surface area (Å²) in [6.07, 6.45) is 2.62. The second-order valence-electron chi connectivity index (χ2n) is 6.05. The van der Waals surface area contributed by atoms with Crippen LogP contribution in [0, 0.1) is 6.92 Å². The van der Waals surface area contributed by atoms with Crippen molar-refractivity contribution in [1.29, 1.82) is 0 Å². The summed E-state index contributed by atoms with van der Waals surface area (Å²) in [6, 6.07) is 7.27. The van der Waals surface area contributed by atoms with Crippen LogP contribution in [0.1, 0.15) is 12.1 Å².